The number of hydrogen-bond acceptors (Lipinski definition) is 4. The van der Waals surface area contributed by atoms with E-state index in [0.717, 1.165) is 62.4 Å². The predicted molar refractivity (Wildman–Crippen MR) is 106 cm³/mol. The quantitative estimate of drug-likeness (QED) is 0.821. The van der Waals surface area contributed by atoms with Gasteiger partial charge in [0.15, 0.2) is 0 Å². The number of benzene rings is 1. The number of pyridine rings is 1. The van der Waals surface area contributed by atoms with Gasteiger partial charge in [-0.1, -0.05) is 18.2 Å². The van der Waals surface area contributed by atoms with Crippen molar-refractivity contribution in [2.75, 3.05) is 37.7 Å². The summed E-state index contributed by atoms with van der Waals surface area (Å²) in [5, 5.41) is 0. The molecule has 1 atom stereocenters. The molecule has 1 amide bonds. The summed E-state index contributed by atoms with van der Waals surface area (Å²) in [6.07, 6.45) is 4.42. The van der Waals surface area contributed by atoms with Gasteiger partial charge in [0.1, 0.15) is 5.75 Å². The molecular formula is C22H27N3O2. The van der Waals surface area contributed by atoms with Gasteiger partial charge in [-0.15, -0.1) is 0 Å². The first-order chi connectivity index (χ1) is 13.2. The van der Waals surface area contributed by atoms with E-state index in [1.165, 1.54) is 5.69 Å². The number of hydrogen-bond donors (Lipinski definition) is 0. The number of carbonyl (C=O) groups is 1. The van der Waals surface area contributed by atoms with Crippen molar-refractivity contribution in [2.24, 2.45) is 5.92 Å². The maximum Gasteiger partial charge on any atom is 0.226 e. The smallest absolute Gasteiger partial charge is 0.226 e. The molecule has 1 aromatic heterocycles. The molecule has 4 rings (SSSR count). The van der Waals surface area contributed by atoms with Crippen LogP contribution in [-0.4, -0.2) is 48.6 Å². The molecule has 5 nitrogen and oxygen atoms in total. The number of nitrogens with zero attached hydrogens (tertiary/aromatic N) is 3. The van der Waals surface area contributed by atoms with Crippen molar-refractivity contribution in [3.63, 3.8) is 0 Å². The maximum absolute atomic E-state index is 13.2. The van der Waals surface area contributed by atoms with Gasteiger partial charge in [-0.05, 0) is 49.9 Å². The summed E-state index contributed by atoms with van der Waals surface area (Å²) in [5.41, 5.74) is 3.38. The molecule has 0 bridgehead atoms. The average molecular weight is 365 g/mol. The summed E-state index contributed by atoms with van der Waals surface area (Å²) >= 11 is 0. The van der Waals surface area contributed by atoms with E-state index >= 15 is 0 Å². The first kappa shape index (κ1) is 17.8. The third-order valence-electron chi connectivity index (χ3n) is 5.56. The van der Waals surface area contributed by atoms with E-state index in [0.29, 0.717) is 6.61 Å². The van der Waals surface area contributed by atoms with Crippen LogP contribution in [0.15, 0.2) is 42.6 Å². The van der Waals surface area contributed by atoms with Gasteiger partial charge in [-0.2, -0.15) is 0 Å². The third kappa shape index (κ3) is 4.07. The van der Waals surface area contributed by atoms with Crippen LogP contribution in [0.2, 0.25) is 0 Å². The van der Waals surface area contributed by atoms with Crippen molar-refractivity contribution in [3.05, 3.63) is 53.9 Å². The van der Waals surface area contributed by atoms with Crippen molar-refractivity contribution < 1.29 is 9.53 Å². The van der Waals surface area contributed by atoms with E-state index < -0.39 is 0 Å². The molecule has 27 heavy (non-hydrogen) atoms. The lowest BCUT2D eigenvalue weighted by Gasteiger charge is -2.26. The second-order valence-electron chi connectivity index (χ2n) is 7.47. The Bertz CT molecular complexity index is 808. The van der Waals surface area contributed by atoms with E-state index in [2.05, 4.69) is 33.0 Å². The number of para-hydroxylation sites is 1. The Morgan fingerprint density at radius 1 is 1.15 bits per heavy atom. The minimum absolute atomic E-state index is 0.0170. The molecular weight excluding hydrogens is 338 g/mol. The molecule has 0 radical (unpaired) electrons. The van der Waals surface area contributed by atoms with Crippen LogP contribution in [0.1, 0.15) is 24.1 Å². The van der Waals surface area contributed by atoms with Gasteiger partial charge in [-0.25, -0.2) is 0 Å². The molecule has 1 saturated heterocycles. The predicted octanol–water partition coefficient (Wildman–Crippen LogP) is 3.07. The molecule has 0 aliphatic carbocycles. The Kier molecular flexibility index (Phi) is 5.28. The number of aryl methyl sites for hydroxylation is 1. The lowest BCUT2D eigenvalue weighted by atomic mass is 9.95. The van der Waals surface area contributed by atoms with Crippen LogP contribution in [0, 0.1) is 12.8 Å². The first-order valence-electron chi connectivity index (χ1n) is 9.88. The Morgan fingerprint density at radius 2 is 2.04 bits per heavy atom. The van der Waals surface area contributed by atoms with Crippen LogP contribution >= 0.6 is 0 Å². The molecule has 5 heteroatoms. The standard InChI is InChI=1S/C22H27N3O2/c1-17-15-20(7-9-23-17)24-10-4-11-25(13-12-24)22(26)19-8-14-27-21-6-3-2-5-18(21)16-19/h2-3,5-7,9,15,19H,4,8,10-14,16H2,1H3. The van der Waals surface area contributed by atoms with Crippen molar-refractivity contribution in [2.45, 2.75) is 26.2 Å². The second-order valence-corrected chi connectivity index (χ2v) is 7.47. The molecule has 2 aliphatic heterocycles. The lowest BCUT2D eigenvalue weighted by molar-refractivity contribution is -0.135. The number of aromatic nitrogens is 1. The van der Waals surface area contributed by atoms with Crippen LogP contribution < -0.4 is 9.64 Å². The van der Waals surface area contributed by atoms with Crippen molar-refractivity contribution in [1.82, 2.24) is 9.88 Å². The van der Waals surface area contributed by atoms with Gasteiger partial charge in [-0.3, -0.25) is 9.78 Å². The zero-order chi connectivity index (χ0) is 18.6. The maximum atomic E-state index is 13.2. The summed E-state index contributed by atoms with van der Waals surface area (Å²) < 4.78 is 5.84. The highest BCUT2D eigenvalue weighted by atomic mass is 16.5. The first-order valence-corrected chi connectivity index (χ1v) is 9.88. The molecule has 1 aromatic carbocycles. The number of fused-ring (bicyclic) bond motifs is 1. The Labute approximate surface area is 161 Å². The van der Waals surface area contributed by atoms with E-state index in [1.807, 2.05) is 31.3 Å². The molecule has 3 heterocycles. The summed E-state index contributed by atoms with van der Waals surface area (Å²) in [6, 6.07) is 12.3. The molecule has 142 valence electrons. The summed E-state index contributed by atoms with van der Waals surface area (Å²) in [4.78, 5) is 21.9. The molecule has 2 aromatic rings. The van der Waals surface area contributed by atoms with E-state index in [1.54, 1.807) is 0 Å². The fourth-order valence-corrected chi connectivity index (χ4v) is 4.08. The van der Waals surface area contributed by atoms with Crippen LogP contribution in [0.3, 0.4) is 0 Å². The average Bonchev–Trinajstić information content (AvgIpc) is 3.06. The van der Waals surface area contributed by atoms with Gasteiger partial charge < -0.3 is 14.5 Å². The zero-order valence-corrected chi connectivity index (χ0v) is 15.9. The number of rotatable bonds is 2. The summed E-state index contributed by atoms with van der Waals surface area (Å²) in [5.74, 6) is 1.23. The summed E-state index contributed by atoms with van der Waals surface area (Å²) in [7, 11) is 0. The molecule has 0 saturated carbocycles. The lowest BCUT2D eigenvalue weighted by Crippen LogP contribution is -2.39. The number of anilines is 1. The fraction of sp³-hybridized carbons (Fsp3) is 0.455. The highest BCUT2D eigenvalue weighted by molar-refractivity contribution is 5.79. The van der Waals surface area contributed by atoms with Crippen LogP contribution in [0.4, 0.5) is 5.69 Å². The topological polar surface area (TPSA) is 45.7 Å². The zero-order valence-electron chi connectivity index (χ0n) is 15.9. The Balaban J connectivity index is 1.42. The van der Waals surface area contributed by atoms with E-state index in [9.17, 15) is 4.79 Å². The van der Waals surface area contributed by atoms with Crippen molar-refractivity contribution >= 4 is 11.6 Å². The van der Waals surface area contributed by atoms with Crippen molar-refractivity contribution in [3.8, 4) is 5.75 Å². The second kappa shape index (κ2) is 7.99. The normalized spacial score (nSPS) is 20.3. The van der Waals surface area contributed by atoms with Gasteiger partial charge in [0.2, 0.25) is 5.91 Å². The van der Waals surface area contributed by atoms with E-state index in [-0.39, 0.29) is 11.8 Å². The van der Waals surface area contributed by atoms with E-state index in [4.69, 9.17) is 4.74 Å². The Hall–Kier alpha value is -2.56. The number of ether oxygens (including phenoxy) is 1. The fourth-order valence-electron chi connectivity index (χ4n) is 4.08. The molecule has 1 fully saturated rings. The van der Waals surface area contributed by atoms with Crippen molar-refractivity contribution in [1.29, 1.82) is 0 Å². The van der Waals surface area contributed by atoms with Gasteiger partial charge in [0.05, 0.1) is 6.61 Å². The SMILES string of the molecule is Cc1cc(N2CCCN(C(=O)C3CCOc4ccccc4C3)CC2)ccn1. The Morgan fingerprint density at radius 3 is 2.93 bits per heavy atom. The third-order valence-corrected chi connectivity index (χ3v) is 5.56. The molecule has 0 spiro atoms. The monoisotopic (exact) mass is 365 g/mol. The van der Waals surface area contributed by atoms with Crippen LogP contribution in [0.25, 0.3) is 0 Å². The number of amides is 1. The van der Waals surface area contributed by atoms with Crippen LogP contribution in [0.5, 0.6) is 5.75 Å². The molecule has 0 N–H and O–H groups in total. The van der Waals surface area contributed by atoms with Crippen LogP contribution in [-0.2, 0) is 11.2 Å². The van der Waals surface area contributed by atoms with Gasteiger partial charge >= 0.3 is 0 Å². The largest absolute Gasteiger partial charge is 0.493 e. The highest BCUT2D eigenvalue weighted by Gasteiger charge is 2.29. The number of carbonyl (C=O) groups excluding carboxylic acids is 1. The summed E-state index contributed by atoms with van der Waals surface area (Å²) in [6.45, 7) is 6.09. The van der Waals surface area contributed by atoms with Gasteiger partial charge in [0.25, 0.3) is 0 Å². The minimum Gasteiger partial charge on any atom is -0.493 e. The van der Waals surface area contributed by atoms with Gasteiger partial charge in [0, 0.05) is 49.7 Å². The molecule has 1 unspecified atom stereocenters. The molecule has 2 aliphatic rings. The minimum atomic E-state index is 0.0170. The highest BCUT2D eigenvalue weighted by Crippen LogP contribution is 2.28.